The van der Waals surface area contributed by atoms with Gasteiger partial charge < -0.3 is 25.6 Å². The van der Waals surface area contributed by atoms with E-state index in [1.54, 1.807) is 15.6 Å². The van der Waals surface area contributed by atoms with Crippen molar-refractivity contribution in [3.8, 4) is 5.75 Å². The number of nitrogens with one attached hydrogen (secondary N) is 1. The molecule has 3 heterocycles. The van der Waals surface area contributed by atoms with Gasteiger partial charge in [0, 0.05) is 37.3 Å². The van der Waals surface area contributed by atoms with E-state index in [1.165, 1.54) is 6.07 Å². The molecule has 1 saturated heterocycles. The first kappa shape index (κ1) is 22.7. The normalized spacial score (nSPS) is 16.8. The zero-order valence-corrected chi connectivity index (χ0v) is 18.4. The van der Waals surface area contributed by atoms with Crippen molar-refractivity contribution in [2.75, 3.05) is 35.6 Å². The van der Waals surface area contributed by atoms with Crippen LogP contribution in [0.15, 0.2) is 24.4 Å². The van der Waals surface area contributed by atoms with E-state index in [1.807, 2.05) is 18.7 Å². The molecule has 1 atom stereocenters. The molecule has 4 rings (SSSR count). The first-order valence-corrected chi connectivity index (χ1v) is 10.3. The third-order valence-corrected chi connectivity index (χ3v) is 5.44. The molecule has 0 spiro atoms. The molecule has 0 radical (unpaired) electrons. The molecule has 0 unspecified atom stereocenters. The fourth-order valence-corrected chi connectivity index (χ4v) is 3.82. The van der Waals surface area contributed by atoms with Gasteiger partial charge in [-0.3, -0.25) is 0 Å². The standard InChI is InChI=1S/C19H20ClF3N8O2/c1-10-8-25-31-15(10)27-16(24)28-17(31)30-6-5-29(9-11(30)2)18(32)26-14-4-3-12(7-13(14)20)33-19(21,22)23/h3-4,7-8,11H,5-6,9H2,1-2H3,(H2,24,27)(H,26,32)/t11-/m0/s1. The Labute approximate surface area is 191 Å². The van der Waals surface area contributed by atoms with Gasteiger partial charge in [0.2, 0.25) is 11.9 Å². The fraction of sp³-hybridized carbons (Fsp3) is 0.368. The molecule has 3 N–H and O–H groups in total. The van der Waals surface area contributed by atoms with Crippen LogP contribution in [0.1, 0.15) is 12.5 Å². The third-order valence-electron chi connectivity index (χ3n) is 5.13. The highest BCUT2D eigenvalue weighted by atomic mass is 35.5. The number of nitrogen functional groups attached to an aromatic ring is 1. The predicted octanol–water partition coefficient (Wildman–Crippen LogP) is 3.31. The monoisotopic (exact) mass is 484 g/mol. The number of hydrogen-bond acceptors (Lipinski definition) is 7. The van der Waals surface area contributed by atoms with Crippen molar-refractivity contribution in [2.24, 2.45) is 0 Å². The molecule has 10 nitrogen and oxygen atoms in total. The van der Waals surface area contributed by atoms with E-state index >= 15 is 0 Å². The molecular weight excluding hydrogens is 465 g/mol. The number of nitrogens with two attached hydrogens (primary N) is 1. The van der Waals surface area contributed by atoms with E-state index in [-0.39, 0.29) is 22.7 Å². The topological polar surface area (TPSA) is 114 Å². The van der Waals surface area contributed by atoms with E-state index in [9.17, 15) is 18.0 Å². The van der Waals surface area contributed by atoms with Gasteiger partial charge in [0.25, 0.3) is 0 Å². The number of carbonyl (C=O) groups is 1. The van der Waals surface area contributed by atoms with Crippen LogP contribution in [0.5, 0.6) is 5.75 Å². The number of carbonyl (C=O) groups excluding carboxylic acids is 1. The molecule has 0 aliphatic carbocycles. The van der Waals surface area contributed by atoms with Gasteiger partial charge in [0.05, 0.1) is 16.9 Å². The second-order valence-corrected chi connectivity index (χ2v) is 7.96. The van der Waals surface area contributed by atoms with Crippen molar-refractivity contribution in [1.82, 2.24) is 24.5 Å². The summed E-state index contributed by atoms with van der Waals surface area (Å²) >= 11 is 6.02. The highest BCUT2D eigenvalue weighted by molar-refractivity contribution is 6.33. The maximum atomic E-state index is 12.8. The Morgan fingerprint density at radius 3 is 2.73 bits per heavy atom. The molecule has 33 heavy (non-hydrogen) atoms. The molecule has 1 aliphatic rings. The predicted molar refractivity (Wildman–Crippen MR) is 115 cm³/mol. The lowest BCUT2D eigenvalue weighted by Gasteiger charge is -2.40. The van der Waals surface area contributed by atoms with Crippen molar-refractivity contribution >= 4 is 40.9 Å². The van der Waals surface area contributed by atoms with Crippen molar-refractivity contribution in [1.29, 1.82) is 0 Å². The molecule has 1 fully saturated rings. The van der Waals surface area contributed by atoms with Gasteiger partial charge in [-0.05, 0) is 26.0 Å². The van der Waals surface area contributed by atoms with Crippen LogP contribution in [-0.4, -0.2) is 62.6 Å². The Morgan fingerprint density at radius 2 is 2.06 bits per heavy atom. The summed E-state index contributed by atoms with van der Waals surface area (Å²) in [4.78, 5) is 24.9. The lowest BCUT2D eigenvalue weighted by atomic mass is 10.2. The van der Waals surface area contributed by atoms with Crippen LogP contribution in [0.3, 0.4) is 0 Å². The van der Waals surface area contributed by atoms with Gasteiger partial charge in [-0.15, -0.1) is 13.2 Å². The number of alkyl halides is 3. The minimum atomic E-state index is -4.83. The second kappa shape index (κ2) is 8.46. The highest BCUT2D eigenvalue weighted by Gasteiger charge is 2.32. The number of halogens is 4. The number of benzene rings is 1. The molecule has 1 aromatic carbocycles. The summed E-state index contributed by atoms with van der Waals surface area (Å²) in [5.41, 5.74) is 7.52. The Kier molecular flexibility index (Phi) is 5.82. The third kappa shape index (κ3) is 4.82. The number of fused-ring (bicyclic) bond motifs is 1. The minimum Gasteiger partial charge on any atom is -0.406 e. The van der Waals surface area contributed by atoms with E-state index in [4.69, 9.17) is 17.3 Å². The van der Waals surface area contributed by atoms with Crippen molar-refractivity contribution in [3.63, 3.8) is 0 Å². The maximum absolute atomic E-state index is 12.8. The van der Waals surface area contributed by atoms with Gasteiger partial charge in [-0.2, -0.15) is 19.6 Å². The van der Waals surface area contributed by atoms with Gasteiger partial charge in [-0.1, -0.05) is 11.6 Å². The first-order chi connectivity index (χ1) is 15.5. The Balaban J connectivity index is 1.45. The van der Waals surface area contributed by atoms with Gasteiger partial charge in [0.15, 0.2) is 5.65 Å². The number of aryl methyl sites for hydroxylation is 1. The number of anilines is 3. The average Bonchev–Trinajstić information content (AvgIpc) is 3.09. The van der Waals surface area contributed by atoms with Crippen LogP contribution in [0.4, 0.5) is 35.5 Å². The SMILES string of the molecule is Cc1cnn2c(N3CCN(C(=O)Nc4ccc(OC(F)(F)F)cc4Cl)C[C@@H]3C)nc(N)nc12. The fourth-order valence-electron chi connectivity index (χ4n) is 3.60. The van der Waals surface area contributed by atoms with Crippen LogP contribution in [-0.2, 0) is 0 Å². The summed E-state index contributed by atoms with van der Waals surface area (Å²) in [5.74, 6) is 0.180. The smallest absolute Gasteiger partial charge is 0.406 e. The van der Waals surface area contributed by atoms with Crippen LogP contribution >= 0.6 is 11.6 Å². The number of urea groups is 1. The minimum absolute atomic E-state index is 0.0790. The molecule has 2 amide bonds. The van der Waals surface area contributed by atoms with Crippen molar-refractivity contribution in [3.05, 3.63) is 35.0 Å². The first-order valence-electron chi connectivity index (χ1n) is 9.87. The summed E-state index contributed by atoms with van der Waals surface area (Å²) in [6, 6.07) is 2.75. The summed E-state index contributed by atoms with van der Waals surface area (Å²) in [5, 5.41) is 6.87. The Morgan fingerprint density at radius 1 is 1.30 bits per heavy atom. The van der Waals surface area contributed by atoms with Crippen LogP contribution in [0.25, 0.3) is 5.65 Å². The molecule has 0 bridgehead atoms. The zero-order valence-electron chi connectivity index (χ0n) is 17.6. The zero-order chi connectivity index (χ0) is 23.9. The lowest BCUT2D eigenvalue weighted by Crippen LogP contribution is -2.55. The van der Waals surface area contributed by atoms with E-state index < -0.39 is 18.1 Å². The molecule has 1 aliphatic heterocycles. The number of ether oxygens (including phenoxy) is 1. The lowest BCUT2D eigenvalue weighted by molar-refractivity contribution is -0.274. The van der Waals surface area contributed by atoms with Crippen LogP contribution < -0.4 is 20.7 Å². The van der Waals surface area contributed by atoms with Gasteiger partial charge in [-0.25, -0.2) is 4.79 Å². The molecule has 3 aromatic rings. The van der Waals surface area contributed by atoms with Crippen LogP contribution in [0.2, 0.25) is 5.02 Å². The number of nitrogens with zero attached hydrogens (tertiary/aromatic N) is 6. The van der Waals surface area contributed by atoms with Gasteiger partial charge >= 0.3 is 12.4 Å². The quantitative estimate of drug-likeness (QED) is 0.586. The van der Waals surface area contributed by atoms with E-state index in [2.05, 4.69) is 25.1 Å². The second-order valence-electron chi connectivity index (χ2n) is 7.55. The number of piperazine rings is 1. The van der Waals surface area contributed by atoms with Gasteiger partial charge in [0.1, 0.15) is 5.75 Å². The average molecular weight is 485 g/mol. The molecule has 14 heteroatoms. The highest BCUT2D eigenvalue weighted by Crippen LogP contribution is 2.30. The maximum Gasteiger partial charge on any atom is 0.573 e. The molecule has 2 aromatic heterocycles. The summed E-state index contributed by atoms with van der Waals surface area (Å²) in [6.07, 6.45) is -3.16. The Hall–Kier alpha value is -3.48. The summed E-state index contributed by atoms with van der Waals surface area (Å²) < 4.78 is 42.5. The molecule has 176 valence electrons. The summed E-state index contributed by atoms with van der Waals surface area (Å²) in [6.45, 7) is 4.96. The van der Waals surface area contributed by atoms with Crippen molar-refractivity contribution in [2.45, 2.75) is 26.3 Å². The largest absolute Gasteiger partial charge is 0.573 e. The number of rotatable bonds is 3. The van der Waals surface area contributed by atoms with E-state index in [0.29, 0.717) is 31.2 Å². The number of amides is 2. The van der Waals surface area contributed by atoms with Crippen molar-refractivity contribution < 1.29 is 22.7 Å². The molecule has 0 saturated carbocycles. The molecular formula is C19H20ClF3N8O2. The Bertz CT molecular complexity index is 1200. The van der Waals surface area contributed by atoms with E-state index in [0.717, 1.165) is 17.7 Å². The number of hydrogen-bond donors (Lipinski definition) is 2. The van der Waals surface area contributed by atoms with Crippen LogP contribution in [0, 0.1) is 6.92 Å². The number of aromatic nitrogens is 4. The summed E-state index contributed by atoms with van der Waals surface area (Å²) in [7, 11) is 0.